The van der Waals surface area contributed by atoms with Gasteiger partial charge in [0.15, 0.2) is 17.1 Å². The number of nitrogens with one attached hydrogen (secondary N) is 1. The van der Waals surface area contributed by atoms with Crippen LogP contribution < -0.4 is 14.8 Å². The lowest BCUT2D eigenvalue weighted by Crippen LogP contribution is -2.59. The van der Waals surface area contributed by atoms with Crippen LogP contribution in [0.1, 0.15) is 54.9 Å². The third-order valence-corrected chi connectivity index (χ3v) is 8.48. The molecule has 0 spiro atoms. The number of anilines is 1. The molecular weight excluding hydrogens is 472 g/mol. The van der Waals surface area contributed by atoms with Gasteiger partial charge in [-0.2, -0.15) is 0 Å². The summed E-state index contributed by atoms with van der Waals surface area (Å²) in [6.45, 7) is 2.62. The molecular formula is C28H34N4O5. The first kappa shape index (κ1) is 24.0. The first-order chi connectivity index (χ1) is 17.9. The number of rotatable bonds is 8. The molecule has 196 valence electrons. The van der Waals surface area contributed by atoms with Crippen LogP contribution in [0.2, 0.25) is 0 Å². The van der Waals surface area contributed by atoms with E-state index in [-0.39, 0.29) is 12.6 Å². The van der Waals surface area contributed by atoms with Gasteiger partial charge in [0.25, 0.3) is 0 Å². The molecule has 2 aromatic heterocycles. The number of imidazole rings is 1. The van der Waals surface area contributed by atoms with Gasteiger partial charge in [-0.15, -0.1) is 0 Å². The van der Waals surface area contributed by atoms with E-state index in [4.69, 9.17) is 19.2 Å². The molecule has 5 atom stereocenters. The van der Waals surface area contributed by atoms with Crippen LogP contribution in [0.3, 0.4) is 0 Å². The Morgan fingerprint density at radius 3 is 2.57 bits per heavy atom. The van der Waals surface area contributed by atoms with Gasteiger partial charge in [-0.1, -0.05) is 6.07 Å². The van der Waals surface area contributed by atoms with Gasteiger partial charge in [-0.05, 0) is 74.5 Å². The normalized spacial score (nSPS) is 27.9. The number of methoxy groups -OCH3 is 2. The molecule has 4 saturated carbocycles. The summed E-state index contributed by atoms with van der Waals surface area (Å²) >= 11 is 0. The number of carbonyl (C=O) groups is 1. The van der Waals surface area contributed by atoms with Crippen molar-refractivity contribution in [3.05, 3.63) is 41.9 Å². The molecule has 1 aromatic carbocycles. The highest BCUT2D eigenvalue weighted by Gasteiger charge is 2.55. The predicted octanol–water partition coefficient (Wildman–Crippen LogP) is 4.03. The Morgan fingerprint density at radius 2 is 1.89 bits per heavy atom. The number of aromatic nitrogens is 3. The average molecular weight is 507 g/mol. The molecule has 4 aliphatic carbocycles. The second kappa shape index (κ2) is 9.20. The molecule has 7 rings (SSSR count). The van der Waals surface area contributed by atoms with Gasteiger partial charge in [0.1, 0.15) is 11.1 Å². The average Bonchev–Trinajstić information content (AvgIpc) is 3.28. The lowest BCUT2D eigenvalue weighted by Gasteiger charge is -2.58. The van der Waals surface area contributed by atoms with Crippen molar-refractivity contribution >= 4 is 22.8 Å². The third kappa shape index (κ3) is 4.19. The largest absolute Gasteiger partial charge is 0.493 e. The topological polar surface area (TPSA) is 108 Å². The standard InChI is InChI=1S/C28H34N4O5/c1-4-37-27(33)20-13-29-26-25(30-15-32(26)14-16-5-6-21(35-2)22(9-16)36-3)24(20)31-23-18-7-17-8-19(23)12-28(34,10-17)11-18/h5-6,9,13,15,17-19,23,34H,4,7-8,10-12,14H2,1-3H3,(H,29,31)/t17?,18-,19+,23?,28?. The zero-order chi connectivity index (χ0) is 25.7. The number of carbonyl (C=O) groups excluding carboxylic acids is 1. The van der Waals surface area contributed by atoms with E-state index in [1.807, 2.05) is 22.8 Å². The van der Waals surface area contributed by atoms with Crippen LogP contribution in [-0.2, 0) is 11.3 Å². The second-order valence-electron chi connectivity index (χ2n) is 10.9. The van der Waals surface area contributed by atoms with Crippen LogP contribution in [0.4, 0.5) is 5.69 Å². The van der Waals surface area contributed by atoms with Crippen LogP contribution in [-0.4, -0.2) is 58.1 Å². The summed E-state index contributed by atoms with van der Waals surface area (Å²) in [7, 11) is 3.23. The van der Waals surface area contributed by atoms with Crippen LogP contribution in [0, 0.1) is 17.8 Å². The van der Waals surface area contributed by atoms with Gasteiger partial charge in [0.05, 0.1) is 45.0 Å². The molecule has 4 bridgehead atoms. The Balaban J connectivity index is 1.36. The number of benzene rings is 1. The molecule has 9 heteroatoms. The number of ether oxygens (including phenoxy) is 3. The zero-order valence-corrected chi connectivity index (χ0v) is 21.6. The van der Waals surface area contributed by atoms with E-state index in [1.165, 1.54) is 0 Å². The number of pyridine rings is 1. The van der Waals surface area contributed by atoms with Crippen LogP contribution >= 0.6 is 0 Å². The van der Waals surface area contributed by atoms with E-state index in [0.29, 0.717) is 58.2 Å². The quantitative estimate of drug-likeness (QED) is 0.441. The Hall–Kier alpha value is -3.33. The summed E-state index contributed by atoms with van der Waals surface area (Å²) in [5.74, 6) is 2.28. The number of hydrogen-bond acceptors (Lipinski definition) is 8. The van der Waals surface area contributed by atoms with Gasteiger partial charge >= 0.3 is 5.97 Å². The van der Waals surface area contributed by atoms with Gasteiger partial charge < -0.3 is 29.2 Å². The van der Waals surface area contributed by atoms with Crippen molar-refractivity contribution in [3.63, 3.8) is 0 Å². The highest BCUT2D eigenvalue weighted by Crippen LogP contribution is 2.56. The van der Waals surface area contributed by atoms with E-state index in [1.54, 1.807) is 33.7 Å². The van der Waals surface area contributed by atoms with E-state index in [9.17, 15) is 9.90 Å². The zero-order valence-electron chi connectivity index (χ0n) is 21.6. The highest BCUT2D eigenvalue weighted by molar-refractivity contribution is 6.03. The summed E-state index contributed by atoms with van der Waals surface area (Å²) in [5.41, 5.74) is 2.91. The van der Waals surface area contributed by atoms with E-state index < -0.39 is 11.6 Å². The molecule has 3 aromatic rings. The fraction of sp³-hybridized carbons (Fsp3) is 0.536. The summed E-state index contributed by atoms with van der Waals surface area (Å²) in [5, 5.41) is 14.8. The fourth-order valence-electron chi connectivity index (χ4n) is 7.19. The van der Waals surface area contributed by atoms with E-state index in [0.717, 1.165) is 37.7 Å². The SMILES string of the molecule is CCOC(=O)c1cnc2c(ncn2Cc2ccc(OC)c(OC)c2)c1NC1[C@@H]2CC3C[C@H]1CC(O)(C3)C2. The molecule has 4 aliphatic rings. The van der Waals surface area contributed by atoms with Crippen LogP contribution in [0.15, 0.2) is 30.7 Å². The van der Waals surface area contributed by atoms with Crippen LogP contribution in [0.5, 0.6) is 11.5 Å². The van der Waals surface area contributed by atoms with Gasteiger partial charge in [-0.25, -0.2) is 14.8 Å². The smallest absolute Gasteiger partial charge is 0.341 e. The maximum absolute atomic E-state index is 12.9. The van der Waals surface area contributed by atoms with Gasteiger partial charge in [0, 0.05) is 12.2 Å². The highest BCUT2D eigenvalue weighted by atomic mass is 16.5. The second-order valence-corrected chi connectivity index (χ2v) is 10.9. The summed E-state index contributed by atoms with van der Waals surface area (Å²) in [4.78, 5) is 22.3. The van der Waals surface area contributed by atoms with E-state index in [2.05, 4.69) is 10.3 Å². The summed E-state index contributed by atoms with van der Waals surface area (Å²) in [6.07, 6.45) is 8.15. The van der Waals surface area contributed by atoms with Crippen molar-refractivity contribution < 1.29 is 24.1 Å². The van der Waals surface area contributed by atoms with Crippen molar-refractivity contribution in [1.82, 2.24) is 14.5 Å². The molecule has 9 nitrogen and oxygen atoms in total. The van der Waals surface area contributed by atoms with Crippen molar-refractivity contribution in [2.45, 2.75) is 57.2 Å². The molecule has 0 amide bonds. The molecule has 0 aliphatic heterocycles. The first-order valence-electron chi connectivity index (χ1n) is 13.1. The lowest BCUT2D eigenvalue weighted by molar-refractivity contribution is -0.129. The molecule has 3 unspecified atom stereocenters. The predicted molar refractivity (Wildman–Crippen MR) is 138 cm³/mol. The minimum Gasteiger partial charge on any atom is -0.493 e. The molecule has 4 fully saturated rings. The minimum atomic E-state index is -0.521. The summed E-state index contributed by atoms with van der Waals surface area (Å²) < 4.78 is 18.2. The van der Waals surface area contributed by atoms with Crippen LogP contribution in [0.25, 0.3) is 11.2 Å². The van der Waals surface area contributed by atoms with Gasteiger partial charge in [-0.3, -0.25) is 0 Å². The fourth-order valence-corrected chi connectivity index (χ4v) is 7.19. The van der Waals surface area contributed by atoms with Crippen molar-refractivity contribution in [3.8, 4) is 11.5 Å². The first-order valence-corrected chi connectivity index (χ1v) is 13.1. The minimum absolute atomic E-state index is 0.187. The Morgan fingerprint density at radius 1 is 1.14 bits per heavy atom. The maximum atomic E-state index is 12.9. The van der Waals surface area contributed by atoms with Crippen molar-refractivity contribution in [1.29, 1.82) is 0 Å². The van der Waals surface area contributed by atoms with Gasteiger partial charge in [0.2, 0.25) is 0 Å². The Labute approximate surface area is 216 Å². The molecule has 2 heterocycles. The molecule has 0 radical (unpaired) electrons. The number of fused-ring (bicyclic) bond motifs is 1. The Kier molecular flexibility index (Phi) is 5.98. The maximum Gasteiger partial charge on any atom is 0.341 e. The Bertz CT molecular complexity index is 1320. The number of aliphatic hydroxyl groups is 1. The summed E-state index contributed by atoms with van der Waals surface area (Å²) in [6, 6.07) is 5.99. The third-order valence-electron chi connectivity index (χ3n) is 8.48. The number of nitrogens with zero attached hydrogens (tertiary/aromatic N) is 3. The number of esters is 1. The molecule has 37 heavy (non-hydrogen) atoms. The number of hydrogen-bond donors (Lipinski definition) is 2. The van der Waals surface area contributed by atoms with Crippen molar-refractivity contribution in [2.75, 3.05) is 26.1 Å². The van der Waals surface area contributed by atoms with Crippen molar-refractivity contribution in [2.24, 2.45) is 17.8 Å². The molecule has 2 N–H and O–H groups in total. The lowest BCUT2D eigenvalue weighted by atomic mass is 9.52. The molecule has 0 saturated heterocycles. The monoisotopic (exact) mass is 506 g/mol. The van der Waals surface area contributed by atoms with E-state index >= 15 is 0 Å².